The molecule has 0 aliphatic carbocycles. The highest BCUT2D eigenvalue weighted by atomic mass is 19.4. The first-order chi connectivity index (χ1) is 10.4. The van der Waals surface area contributed by atoms with Crippen molar-refractivity contribution in [3.63, 3.8) is 0 Å². The van der Waals surface area contributed by atoms with Gasteiger partial charge in [-0.05, 0) is 30.3 Å². The predicted molar refractivity (Wildman–Crippen MR) is 71.6 cm³/mol. The topological polar surface area (TPSA) is 68.0 Å². The van der Waals surface area contributed by atoms with Crippen LogP contribution in [0.2, 0.25) is 0 Å². The zero-order chi connectivity index (χ0) is 15.9. The third-order valence-corrected chi connectivity index (χ3v) is 3.20. The van der Waals surface area contributed by atoms with Crippen LogP contribution in [0.4, 0.5) is 13.2 Å². The number of hydrogen-bond acceptors (Lipinski definition) is 3. The van der Waals surface area contributed by atoms with Crippen molar-refractivity contribution in [2.45, 2.75) is 12.7 Å². The fraction of sp³-hybridized carbons (Fsp3) is 0.143. The van der Waals surface area contributed by atoms with Crippen LogP contribution in [0.3, 0.4) is 0 Å². The lowest BCUT2D eigenvalue weighted by Gasteiger charge is -2.09. The molecular weight excluding hydrogens is 301 g/mol. The monoisotopic (exact) mass is 310 g/mol. The zero-order valence-electron chi connectivity index (χ0n) is 11.0. The van der Waals surface area contributed by atoms with Crippen molar-refractivity contribution >= 4 is 10.9 Å². The largest absolute Gasteiger partial charge is 0.467 e. The van der Waals surface area contributed by atoms with Gasteiger partial charge < -0.3 is 9.40 Å². The van der Waals surface area contributed by atoms with E-state index in [9.17, 15) is 22.8 Å². The molecule has 1 aromatic carbocycles. The number of aromatic amines is 1. The second-order valence-electron chi connectivity index (χ2n) is 4.66. The molecule has 0 aliphatic rings. The Morgan fingerprint density at radius 2 is 1.95 bits per heavy atom. The Morgan fingerprint density at radius 3 is 2.59 bits per heavy atom. The van der Waals surface area contributed by atoms with E-state index in [2.05, 4.69) is 4.98 Å². The first kappa shape index (κ1) is 14.2. The smallest absolute Gasteiger partial charge is 0.416 e. The molecule has 0 saturated carbocycles. The molecule has 3 aromatic rings. The minimum Gasteiger partial charge on any atom is -0.467 e. The third kappa shape index (κ3) is 2.43. The Hall–Kier alpha value is -2.77. The summed E-state index contributed by atoms with van der Waals surface area (Å²) in [5.74, 6) is 0.346. The molecule has 114 valence electrons. The number of nitrogens with one attached hydrogen (secondary N) is 1. The van der Waals surface area contributed by atoms with E-state index in [1.807, 2.05) is 0 Å². The molecule has 3 rings (SSSR count). The molecule has 0 fully saturated rings. The molecule has 0 atom stereocenters. The molecular formula is C14H9F3N2O3. The van der Waals surface area contributed by atoms with E-state index in [0.717, 1.165) is 22.8 Å². The lowest BCUT2D eigenvalue weighted by atomic mass is 10.1. The van der Waals surface area contributed by atoms with Gasteiger partial charge in [0.05, 0.1) is 29.3 Å². The van der Waals surface area contributed by atoms with E-state index < -0.39 is 23.0 Å². The maximum atomic E-state index is 12.7. The van der Waals surface area contributed by atoms with Crippen molar-refractivity contribution in [3.05, 3.63) is 68.8 Å². The van der Waals surface area contributed by atoms with E-state index in [4.69, 9.17) is 4.42 Å². The lowest BCUT2D eigenvalue weighted by Crippen LogP contribution is -2.35. The van der Waals surface area contributed by atoms with Gasteiger partial charge in [0, 0.05) is 0 Å². The molecule has 0 spiro atoms. The van der Waals surface area contributed by atoms with Gasteiger partial charge in [-0.1, -0.05) is 0 Å². The van der Waals surface area contributed by atoms with Gasteiger partial charge in [0.25, 0.3) is 5.56 Å². The number of hydrogen-bond donors (Lipinski definition) is 1. The Bertz CT molecular complexity index is 937. The van der Waals surface area contributed by atoms with Crippen LogP contribution in [-0.4, -0.2) is 9.55 Å². The Kier molecular flexibility index (Phi) is 3.16. The number of nitrogens with zero attached hydrogens (tertiary/aromatic N) is 1. The molecule has 0 radical (unpaired) electrons. The van der Waals surface area contributed by atoms with E-state index in [0.29, 0.717) is 5.76 Å². The molecule has 2 heterocycles. The van der Waals surface area contributed by atoms with Gasteiger partial charge in [0.2, 0.25) is 0 Å². The van der Waals surface area contributed by atoms with Crippen LogP contribution in [0.25, 0.3) is 10.9 Å². The maximum Gasteiger partial charge on any atom is 0.416 e. The molecule has 22 heavy (non-hydrogen) atoms. The quantitative estimate of drug-likeness (QED) is 0.790. The summed E-state index contributed by atoms with van der Waals surface area (Å²) in [5, 5.41) is -0.207. The summed E-state index contributed by atoms with van der Waals surface area (Å²) >= 11 is 0. The summed E-state index contributed by atoms with van der Waals surface area (Å²) < 4.78 is 44.0. The number of benzene rings is 1. The third-order valence-electron chi connectivity index (χ3n) is 3.20. The summed E-state index contributed by atoms with van der Waals surface area (Å²) in [7, 11) is 0. The van der Waals surface area contributed by atoms with Crippen LogP contribution in [0.5, 0.6) is 0 Å². The van der Waals surface area contributed by atoms with Gasteiger partial charge in [0.15, 0.2) is 0 Å². The minimum absolute atomic E-state index is 0.0543. The molecule has 8 heteroatoms. The van der Waals surface area contributed by atoms with Crippen LogP contribution in [0.15, 0.2) is 50.6 Å². The van der Waals surface area contributed by atoms with Crippen LogP contribution in [-0.2, 0) is 12.7 Å². The Labute approximate surface area is 120 Å². The fourth-order valence-electron chi connectivity index (χ4n) is 2.13. The first-order valence-electron chi connectivity index (χ1n) is 6.23. The summed E-state index contributed by atoms with van der Waals surface area (Å²) in [6, 6.07) is 5.75. The van der Waals surface area contributed by atoms with Crippen LogP contribution in [0, 0.1) is 0 Å². The fourth-order valence-corrected chi connectivity index (χ4v) is 2.13. The average molecular weight is 310 g/mol. The molecule has 0 amide bonds. The summed E-state index contributed by atoms with van der Waals surface area (Å²) in [6.45, 7) is -0.159. The number of aromatic nitrogens is 2. The normalized spacial score (nSPS) is 12.0. The molecule has 2 aromatic heterocycles. The zero-order valence-corrected chi connectivity index (χ0v) is 11.0. The van der Waals surface area contributed by atoms with Crippen molar-refractivity contribution in [2.24, 2.45) is 0 Å². The second kappa shape index (κ2) is 4.90. The van der Waals surface area contributed by atoms with Gasteiger partial charge in [-0.3, -0.25) is 9.36 Å². The van der Waals surface area contributed by atoms with Crippen LogP contribution < -0.4 is 11.2 Å². The Morgan fingerprint density at radius 1 is 1.18 bits per heavy atom. The number of rotatable bonds is 2. The number of fused-ring (bicyclic) bond motifs is 1. The van der Waals surface area contributed by atoms with Gasteiger partial charge in [0.1, 0.15) is 5.76 Å². The van der Waals surface area contributed by atoms with Gasteiger partial charge in [-0.2, -0.15) is 13.2 Å². The van der Waals surface area contributed by atoms with Gasteiger partial charge in [-0.25, -0.2) is 4.79 Å². The molecule has 0 saturated heterocycles. The first-order valence-corrected chi connectivity index (χ1v) is 6.23. The number of H-pyrrole nitrogens is 1. The molecule has 0 aliphatic heterocycles. The van der Waals surface area contributed by atoms with Gasteiger partial charge >= 0.3 is 11.9 Å². The summed E-state index contributed by atoms with van der Waals surface area (Å²) in [4.78, 5) is 26.6. The number of furan rings is 1. The van der Waals surface area contributed by atoms with E-state index >= 15 is 0 Å². The highest BCUT2D eigenvalue weighted by Crippen LogP contribution is 2.30. The highest BCUT2D eigenvalue weighted by molar-refractivity contribution is 5.78. The Balaban J connectivity index is 2.22. The van der Waals surface area contributed by atoms with Crippen molar-refractivity contribution in [3.8, 4) is 0 Å². The molecule has 5 nitrogen and oxygen atoms in total. The highest BCUT2D eigenvalue weighted by Gasteiger charge is 2.30. The lowest BCUT2D eigenvalue weighted by molar-refractivity contribution is -0.137. The molecule has 0 bridgehead atoms. The number of alkyl halides is 3. The minimum atomic E-state index is -4.57. The van der Waals surface area contributed by atoms with E-state index in [1.165, 1.54) is 6.26 Å². The van der Waals surface area contributed by atoms with Crippen LogP contribution >= 0.6 is 0 Å². The van der Waals surface area contributed by atoms with Crippen molar-refractivity contribution in [1.82, 2.24) is 9.55 Å². The molecule has 1 N–H and O–H groups in total. The standard InChI is InChI=1S/C14H9F3N2O3/c15-14(16,17)8-3-4-11-10(6-8)12(20)19(13(21)18-11)7-9-2-1-5-22-9/h1-6H,7H2,(H,18,21). The van der Waals surface area contributed by atoms with E-state index in [-0.39, 0.29) is 17.4 Å². The van der Waals surface area contributed by atoms with E-state index in [1.54, 1.807) is 12.1 Å². The summed E-state index contributed by atoms with van der Waals surface area (Å²) in [6.07, 6.45) is -3.19. The second-order valence-corrected chi connectivity index (χ2v) is 4.66. The summed E-state index contributed by atoms with van der Waals surface area (Å²) in [5.41, 5.74) is -2.41. The maximum absolute atomic E-state index is 12.7. The van der Waals surface area contributed by atoms with Crippen molar-refractivity contribution in [1.29, 1.82) is 0 Å². The van der Waals surface area contributed by atoms with Gasteiger partial charge in [-0.15, -0.1) is 0 Å². The predicted octanol–water partition coefficient (Wildman–Crippen LogP) is 2.35. The number of halogens is 3. The van der Waals surface area contributed by atoms with Crippen molar-refractivity contribution in [2.75, 3.05) is 0 Å². The van der Waals surface area contributed by atoms with Crippen molar-refractivity contribution < 1.29 is 17.6 Å². The average Bonchev–Trinajstić information content (AvgIpc) is 2.95. The van der Waals surface area contributed by atoms with Crippen LogP contribution in [0.1, 0.15) is 11.3 Å². The SMILES string of the molecule is O=c1[nH]c2ccc(C(F)(F)F)cc2c(=O)n1Cc1ccco1. The molecule has 0 unspecified atom stereocenters.